The Morgan fingerprint density at radius 2 is 2.10 bits per heavy atom. The number of nitrogens with zero attached hydrogens (tertiary/aromatic N) is 2. The van der Waals surface area contributed by atoms with Crippen LogP contribution in [0.5, 0.6) is 0 Å². The second-order valence-corrected chi connectivity index (χ2v) is 6.33. The molecular formula is C15H16BrClN2O. The molecule has 0 aliphatic rings. The molecule has 0 saturated carbocycles. The lowest BCUT2D eigenvalue weighted by molar-refractivity contribution is 0.112. The number of carbonyl (C=O) groups is 1. The maximum atomic E-state index is 11.2. The predicted octanol–water partition coefficient (Wildman–Crippen LogP) is 4.36. The Labute approximate surface area is 132 Å². The monoisotopic (exact) mass is 354 g/mol. The average Bonchev–Trinajstić information content (AvgIpc) is 2.67. The Morgan fingerprint density at radius 1 is 1.40 bits per heavy atom. The lowest BCUT2D eigenvalue weighted by Crippen LogP contribution is -2.04. The summed E-state index contributed by atoms with van der Waals surface area (Å²) in [5.74, 6) is 0.427. The third kappa shape index (κ3) is 3.30. The standard InChI is InChI=1S/C15H16BrClN2O/c1-10(2)7-14-12(9-20)15(17)19(18-14)8-11-5-3-4-6-13(11)16/h3-6,9-10H,7-8H2,1-2H3. The molecule has 106 valence electrons. The molecule has 0 unspecified atom stereocenters. The van der Waals surface area contributed by atoms with Crippen molar-refractivity contribution in [1.82, 2.24) is 9.78 Å². The van der Waals surface area contributed by atoms with Gasteiger partial charge in [0.15, 0.2) is 6.29 Å². The number of benzene rings is 1. The van der Waals surface area contributed by atoms with Crippen molar-refractivity contribution < 1.29 is 4.79 Å². The van der Waals surface area contributed by atoms with Crippen LogP contribution in [-0.4, -0.2) is 16.1 Å². The van der Waals surface area contributed by atoms with Crippen LogP contribution in [0.25, 0.3) is 0 Å². The minimum absolute atomic E-state index is 0.409. The maximum Gasteiger partial charge on any atom is 0.155 e. The minimum atomic E-state index is 0.409. The quantitative estimate of drug-likeness (QED) is 0.747. The van der Waals surface area contributed by atoms with E-state index in [0.717, 1.165) is 28.4 Å². The molecule has 2 aromatic rings. The highest BCUT2D eigenvalue weighted by Crippen LogP contribution is 2.24. The van der Waals surface area contributed by atoms with Crippen molar-refractivity contribution in [2.24, 2.45) is 5.92 Å². The molecule has 0 radical (unpaired) electrons. The minimum Gasteiger partial charge on any atom is -0.298 e. The number of aromatic nitrogens is 2. The van der Waals surface area contributed by atoms with Gasteiger partial charge in [-0.3, -0.25) is 4.79 Å². The molecule has 2 rings (SSSR count). The van der Waals surface area contributed by atoms with Gasteiger partial charge in [-0.2, -0.15) is 5.10 Å². The molecule has 0 saturated heterocycles. The first-order valence-corrected chi connectivity index (χ1v) is 7.63. The van der Waals surface area contributed by atoms with Gasteiger partial charge in [-0.05, 0) is 24.0 Å². The average molecular weight is 356 g/mol. The van der Waals surface area contributed by atoms with E-state index in [4.69, 9.17) is 11.6 Å². The van der Waals surface area contributed by atoms with E-state index in [1.165, 1.54) is 0 Å². The summed E-state index contributed by atoms with van der Waals surface area (Å²) in [6.45, 7) is 4.73. The van der Waals surface area contributed by atoms with E-state index in [1.54, 1.807) is 4.68 Å². The van der Waals surface area contributed by atoms with Crippen LogP contribution in [0.15, 0.2) is 28.7 Å². The summed E-state index contributed by atoms with van der Waals surface area (Å²) < 4.78 is 2.69. The molecule has 0 bridgehead atoms. The predicted molar refractivity (Wildman–Crippen MR) is 84.4 cm³/mol. The van der Waals surface area contributed by atoms with Gasteiger partial charge in [0.25, 0.3) is 0 Å². The molecule has 0 N–H and O–H groups in total. The number of hydrogen-bond donors (Lipinski definition) is 0. The summed E-state index contributed by atoms with van der Waals surface area (Å²) in [6, 6.07) is 7.90. The molecule has 20 heavy (non-hydrogen) atoms. The Morgan fingerprint density at radius 3 is 2.70 bits per heavy atom. The van der Waals surface area contributed by atoms with Crippen molar-refractivity contribution in [2.75, 3.05) is 0 Å². The Hall–Kier alpha value is -1.13. The molecule has 0 atom stereocenters. The van der Waals surface area contributed by atoms with Gasteiger partial charge in [-0.25, -0.2) is 4.68 Å². The third-order valence-corrected chi connectivity index (χ3v) is 4.17. The van der Waals surface area contributed by atoms with Crippen LogP contribution < -0.4 is 0 Å². The van der Waals surface area contributed by atoms with Crippen molar-refractivity contribution in [1.29, 1.82) is 0 Å². The van der Waals surface area contributed by atoms with E-state index in [1.807, 2.05) is 24.3 Å². The van der Waals surface area contributed by atoms with Crippen molar-refractivity contribution in [2.45, 2.75) is 26.8 Å². The van der Waals surface area contributed by atoms with Crippen LogP contribution in [0.4, 0.5) is 0 Å². The van der Waals surface area contributed by atoms with E-state index in [0.29, 0.717) is 23.2 Å². The van der Waals surface area contributed by atoms with Gasteiger partial charge in [0.05, 0.1) is 17.8 Å². The van der Waals surface area contributed by atoms with Crippen LogP contribution in [0.3, 0.4) is 0 Å². The SMILES string of the molecule is CC(C)Cc1nn(Cc2ccccc2Br)c(Cl)c1C=O. The van der Waals surface area contributed by atoms with Crippen molar-refractivity contribution in [3.05, 3.63) is 50.7 Å². The first kappa shape index (κ1) is 15.3. The normalized spacial score (nSPS) is 11.1. The first-order valence-electron chi connectivity index (χ1n) is 6.46. The topological polar surface area (TPSA) is 34.9 Å². The highest BCUT2D eigenvalue weighted by Gasteiger charge is 2.17. The molecule has 1 aromatic heterocycles. The smallest absolute Gasteiger partial charge is 0.155 e. The molecule has 5 heteroatoms. The fourth-order valence-electron chi connectivity index (χ4n) is 2.05. The van der Waals surface area contributed by atoms with E-state index >= 15 is 0 Å². The lowest BCUT2D eigenvalue weighted by Gasteiger charge is -2.05. The number of hydrogen-bond acceptors (Lipinski definition) is 2. The number of aldehydes is 1. The second-order valence-electron chi connectivity index (χ2n) is 5.12. The maximum absolute atomic E-state index is 11.2. The highest BCUT2D eigenvalue weighted by molar-refractivity contribution is 9.10. The molecule has 0 aliphatic heterocycles. The van der Waals surface area contributed by atoms with Gasteiger partial charge < -0.3 is 0 Å². The Kier molecular flexibility index (Phi) is 5.00. The molecule has 0 amide bonds. The number of rotatable bonds is 5. The van der Waals surface area contributed by atoms with Crippen LogP contribution >= 0.6 is 27.5 Å². The van der Waals surface area contributed by atoms with E-state index in [-0.39, 0.29) is 0 Å². The van der Waals surface area contributed by atoms with Gasteiger partial charge in [0, 0.05) is 4.47 Å². The zero-order valence-corrected chi connectivity index (χ0v) is 13.8. The van der Waals surface area contributed by atoms with Crippen molar-refractivity contribution in [3.63, 3.8) is 0 Å². The summed E-state index contributed by atoms with van der Waals surface area (Å²) >= 11 is 9.78. The summed E-state index contributed by atoms with van der Waals surface area (Å²) in [5.41, 5.74) is 2.35. The number of carbonyl (C=O) groups excluding carboxylic acids is 1. The summed E-state index contributed by atoms with van der Waals surface area (Å²) in [4.78, 5) is 11.2. The highest BCUT2D eigenvalue weighted by atomic mass is 79.9. The second kappa shape index (κ2) is 6.55. The van der Waals surface area contributed by atoms with Gasteiger partial charge in [-0.15, -0.1) is 0 Å². The van der Waals surface area contributed by atoms with Crippen molar-refractivity contribution >= 4 is 33.8 Å². The van der Waals surface area contributed by atoms with E-state index < -0.39 is 0 Å². The van der Waals surface area contributed by atoms with E-state index in [9.17, 15) is 4.79 Å². The van der Waals surface area contributed by atoms with Crippen molar-refractivity contribution in [3.8, 4) is 0 Å². The fraction of sp³-hybridized carbons (Fsp3) is 0.333. The fourth-order valence-corrected chi connectivity index (χ4v) is 2.71. The lowest BCUT2D eigenvalue weighted by atomic mass is 10.1. The largest absolute Gasteiger partial charge is 0.298 e. The van der Waals surface area contributed by atoms with Crippen LogP contribution in [0.2, 0.25) is 5.15 Å². The summed E-state index contributed by atoms with van der Waals surface area (Å²) in [5, 5.41) is 4.90. The number of halogens is 2. The molecule has 0 aliphatic carbocycles. The molecule has 1 aromatic carbocycles. The third-order valence-electron chi connectivity index (χ3n) is 3.00. The molecule has 3 nitrogen and oxygen atoms in total. The molecule has 0 spiro atoms. The molecular weight excluding hydrogens is 340 g/mol. The van der Waals surface area contributed by atoms with Gasteiger partial charge >= 0.3 is 0 Å². The van der Waals surface area contributed by atoms with Gasteiger partial charge in [0.2, 0.25) is 0 Å². The van der Waals surface area contributed by atoms with E-state index in [2.05, 4.69) is 34.9 Å². The zero-order chi connectivity index (χ0) is 14.7. The summed E-state index contributed by atoms with van der Waals surface area (Å²) in [7, 11) is 0. The van der Waals surface area contributed by atoms with Crippen LogP contribution in [0, 0.1) is 5.92 Å². The molecule has 0 fully saturated rings. The zero-order valence-electron chi connectivity index (χ0n) is 11.4. The van der Waals surface area contributed by atoms with Crippen LogP contribution in [-0.2, 0) is 13.0 Å². The van der Waals surface area contributed by atoms with Crippen LogP contribution in [0.1, 0.15) is 35.5 Å². The summed E-state index contributed by atoms with van der Waals surface area (Å²) in [6.07, 6.45) is 1.54. The van der Waals surface area contributed by atoms with Gasteiger partial charge in [0.1, 0.15) is 5.15 Å². The first-order chi connectivity index (χ1) is 9.52. The van der Waals surface area contributed by atoms with Gasteiger partial charge in [-0.1, -0.05) is 59.6 Å². The Bertz CT molecular complexity index is 622. The Balaban J connectivity index is 2.35. The molecule has 1 heterocycles.